The summed E-state index contributed by atoms with van der Waals surface area (Å²) in [6.45, 7) is 0.453. The number of aromatic nitrogens is 2. The van der Waals surface area contributed by atoms with Crippen molar-refractivity contribution in [2.75, 3.05) is 13.9 Å². The maximum absolute atomic E-state index is 13.5. The maximum atomic E-state index is 13.5. The van der Waals surface area contributed by atoms with Gasteiger partial charge in [-0.05, 0) is 64.7 Å². The van der Waals surface area contributed by atoms with Gasteiger partial charge in [0.25, 0.3) is 5.56 Å². The summed E-state index contributed by atoms with van der Waals surface area (Å²) in [6.07, 6.45) is 7.00. The minimum Gasteiger partial charge on any atom is -0.493 e. The first-order valence-electron chi connectivity index (χ1n) is 13.2. The number of hydrogen-bond donors (Lipinski definition) is 0. The van der Waals surface area contributed by atoms with Gasteiger partial charge in [-0.15, -0.1) is 0 Å². The molecule has 2 heterocycles. The van der Waals surface area contributed by atoms with E-state index in [0.29, 0.717) is 54.8 Å². The van der Waals surface area contributed by atoms with Crippen molar-refractivity contribution in [1.29, 1.82) is 0 Å². The van der Waals surface area contributed by atoms with Crippen LogP contribution in [0.3, 0.4) is 0 Å². The molecule has 1 aliphatic heterocycles. The van der Waals surface area contributed by atoms with Gasteiger partial charge in [-0.3, -0.25) is 4.79 Å². The molecule has 0 N–H and O–H groups in total. The van der Waals surface area contributed by atoms with Crippen molar-refractivity contribution in [2.24, 2.45) is 5.10 Å². The molecule has 0 atom stereocenters. The molecule has 0 unspecified atom stereocenters. The highest BCUT2D eigenvalue weighted by Crippen LogP contribution is 2.43. The molecule has 0 radical (unpaired) electrons. The number of fused-ring (bicyclic) bond motifs is 2. The molecule has 0 saturated heterocycles. The third-order valence-corrected chi connectivity index (χ3v) is 8.70. The molecule has 6 rings (SSSR count). The summed E-state index contributed by atoms with van der Waals surface area (Å²) in [5.41, 5.74) is 2.02. The number of ether oxygens (including phenoxy) is 4. The Bertz CT molecular complexity index is 1670. The van der Waals surface area contributed by atoms with Crippen LogP contribution in [0.15, 0.2) is 62.9 Å². The zero-order chi connectivity index (χ0) is 27.6. The first-order valence-corrected chi connectivity index (χ1v) is 14.3. The van der Waals surface area contributed by atoms with E-state index in [9.17, 15) is 4.79 Å². The van der Waals surface area contributed by atoms with Crippen molar-refractivity contribution in [3.63, 3.8) is 0 Å². The lowest BCUT2D eigenvalue weighted by atomic mass is 9.88. The van der Waals surface area contributed by atoms with Gasteiger partial charge in [0.2, 0.25) is 6.79 Å². The van der Waals surface area contributed by atoms with Gasteiger partial charge < -0.3 is 18.9 Å². The smallest absolute Gasteiger partial charge is 0.282 e. The molecule has 0 amide bonds. The van der Waals surface area contributed by atoms with Crippen LogP contribution < -0.4 is 24.5 Å². The number of halogens is 2. The summed E-state index contributed by atoms with van der Waals surface area (Å²) in [7, 11) is 1.55. The second-order valence-corrected chi connectivity index (χ2v) is 11.0. The molecule has 40 heavy (non-hydrogen) atoms. The number of para-hydroxylation sites is 1. The van der Waals surface area contributed by atoms with Crippen molar-refractivity contribution >= 4 is 44.6 Å². The Hall–Kier alpha value is -3.56. The van der Waals surface area contributed by atoms with Gasteiger partial charge in [0.1, 0.15) is 17.5 Å². The number of nitrogens with zero attached hydrogens (tertiary/aromatic N) is 3. The second-order valence-electron chi connectivity index (χ2n) is 9.79. The molecule has 0 spiro atoms. The predicted octanol–water partition coefficient (Wildman–Crippen LogP) is 7.06. The third-order valence-electron chi connectivity index (χ3n) is 7.26. The molecule has 1 aromatic heterocycles. The largest absolute Gasteiger partial charge is 0.493 e. The van der Waals surface area contributed by atoms with Crippen LogP contribution in [-0.4, -0.2) is 29.8 Å². The topological polar surface area (TPSA) is 84.2 Å². The molecule has 1 aliphatic carbocycles. The monoisotopic (exact) mass is 623 g/mol. The Morgan fingerprint density at radius 1 is 1.12 bits per heavy atom. The first-order chi connectivity index (χ1) is 19.5. The standard InChI is InChI=1S/C30H27BrClN3O5/c1-37-25-14-20(26(31)27(32)28(25)38-16-18-11-12-23-24(13-18)40-17-39-23)15-33-35-29(19-7-3-2-4-8-19)34-22-10-6-5-9-21(22)30(35)36/h5-6,9-15,19H,2-4,7-8,16-17H2,1H3. The molecule has 0 bridgehead atoms. The quantitative estimate of drug-likeness (QED) is 0.205. The average molecular weight is 625 g/mol. The summed E-state index contributed by atoms with van der Waals surface area (Å²) in [6, 6.07) is 14.8. The lowest BCUT2D eigenvalue weighted by Gasteiger charge is -2.22. The lowest BCUT2D eigenvalue weighted by molar-refractivity contribution is 0.174. The molecular weight excluding hydrogens is 598 g/mol. The summed E-state index contributed by atoms with van der Waals surface area (Å²) in [5, 5.41) is 5.50. The zero-order valence-electron chi connectivity index (χ0n) is 21.9. The minimum absolute atomic E-state index is 0.178. The first kappa shape index (κ1) is 26.7. The predicted molar refractivity (Wildman–Crippen MR) is 157 cm³/mol. The lowest BCUT2D eigenvalue weighted by Crippen LogP contribution is -2.25. The van der Waals surface area contributed by atoms with E-state index in [2.05, 4.69) is 21.0 Å². The average Bonchev–Trinajstić information content (AvgIpc) is 3.46. The van der Waals surface area contributed by atoms with Crippen molar-refractivity contribution < 1.29 is 18.9 Å². The van der Waals surface area contributed by atoms with Crippen LogP contribution in [-0.2, 0) is 6.61 Å². The number of benzene rings is 3. The van der Waals surface area contributed by atoms with Crippen molar-refractivity contribution in [1.82, 2.24) is 9.66 Å². The van der Waals surface area contributed by atoms with Crippen LogP contribution in [0.25, 0.3) is 10.9 Å². The van der Waals surface area contributed by atoms with Crippen LogP contribution in [0, 0.1) is 0 Å². The fourth-order valence-corrected chi connectivity index (χ4v) is 5.82. The highest BCUT2D eigenvalue weighted by molar-refractivity contribution is 9.10. The fourth-order valence-electron chi connectivity index (χ4n) is 5.17. The van der Waals surface area contributed by atoms with Gasteiger partial charge in [0.05, 0.1) is 24.2 Å². The van der Waals surface area contributed by atoms with Gasteiger partial charge in [0.15, 0.2) is 23.0 Å². The van der Waals surface area contributed by atoms with Crippen LogP contribution in [0.1, 0.15) is 55.0 Å². The SMILES string of the molecule is COc1cc(C=Nn2c(C3CCCCC3)nc3ccccc3c2=O)c(Br)c(Cl)c1OCc1ccc2c(c1)OCO2. The Labute approximate surface area is 244 Å². The third kappa shape index (κ3) is 5.15. The zero-order valence-corrected chi connectivity index (χ0v) is 24.2. The summed E-state index contributed by atoms with van der Waals surface area (Å²) < 4.78 is 24.5. The van der Waals surface area contributed by atoms with E-state index in [-0.39, 0.29) is 24.9 Å². The fraction of sp³-hybridized carbons (Fsp3) is 0.300. The molecule has 3 aromatic carbocycles. The van der Waals surface area contributed by atoms with Crippen LogP contribution >= 0.6 is 27.5 Å². The molecule has 2 aliphatic rings. The molecular formula is C30H27BrClN3O5. The van der Waals surface area contributed by atoms with Crippen LogP contribution in [0.2, 0.25) is 5.02 Å². The highest BCUT2D eigenvalue weighted by Gasteiger charge is 2.23. The van der Waals surface area contributed by atoms with Crippen molar-refractivity contribution in [2.45, 2.75) is 44.6 Å². The van der Waals surface area contributed by atoms with Gasteiger partial charge in [0, 0.05) is 16.0 Å². The number of rotatable bonds is 7. The van der Waals surface area contributed by atoms with Gasteiger partial charge in [-0.1, -0.05) is 49.1 Å². The summed E-state index contributed by atoms with van der Waals surface area (Å²) in [4.78, 5) is 18.4. The summed E-state index contributed by atoms with van der Waals surface area (Å²) in [5.74, 6) is 3.08. The van der Waals surface area contributed by atoms with Crippen LogP contribution in [0.4, 0.5) is 0 Å². The van der Waals surface area contributed by atoms with E-state index >= 15 is 0 Å². The Kier molecular flexibility index (Phi) is 7.67. The Morgan fingerprint density at radius 2 is 1.93 bits per heavy atom. The summed E-state index contributed by atoms with van der Waals surface area (Å²) >= 11 is 10.3. The van der Waals surface area contributed by atoms with E-state index in [1.54, 1.807) is 25.5 Å². The number of methoxy groups -OCH3 is 1. The minimum atomic E-state index is -0.194. The van der Waals surface area contributed by atoms with Gasteiger partial charge in [-0.25, -0.2) is 4.98 Å². The van der Waals surface area contributed by atoms with Gasteiger partial charge in [-0.2, -0.15) is 9.78 Å². The van der Waals surface area contributed by atoms with E-state index < -0.39 is 0 Å². The van der Waals surface area contributed by atoms with E-state index in [0.717, 1.165) is 31.2 Å². The van der Waals surface area contributed by atoms with Crippen molar-refractivity contribution in [3.05, 3.63) is 85.3 Å². The highest BCUT2D eigenvalue weighted by atomic mass is 79.9. The second kappa shape index (κ2) is 11.5. The van der Waals surface area contributed by atoms with E-state index in [1.807, 2.05) is 36.4 Å². The molecule has 1 fully saturated rings. The van der Waals surface area contributed by atoms with Gasteiger partial charge >= 0.3 is 0 Å². The van der Waals surface area contributed by atoms with Crippen LogP contribution in [0.5, 0.6) is 23.0 Å². The molecule has 10 heteroatoms. The normalized spacial score (nSPS) is 15.2. The molecule has 1 saturated carbocycles. The molecule has 8 nitrogen and oxygen atoms in total. The van der Waals surface area contributed by atoms with E-state index in [4.69, 9.17) is 35.5 Å². The Morgan fingerprint density at radius 3 is 2.75 bits per heavy atom. The maximum Gasteiger partial charge on any atom is 0.282 e. The van der Waals surface area contributed by atoms with E-state index in [1.165, 1.54) is 11.1 Å². The number of hydrogen-bond acceptors (Lipinski definition) is 7. The van der Waals surface area contributed by atoms with Crippen molar-refractivity contribution in [3.8, 4) is 23.0 Å². The Balaban J connectivity index is 1.33. The molecule has 4 aromatic rings. The molecule has 206 valence electrons.